The topological polar surface area (TPSA) is 90.3 Å². The molecule has 1 amide bonds. The van der Waals surface area contributed by atoms with Gasteiger partial charge in [-0.15, -0.1) is 11.3 Å². The van der Waals surface area contributed by atoms with E-state index in [1.807, 2.05) is 0 Å². The SMILES string of the molecule is CCOC(=O)c1c(NC(=O)C(C)n2nc(C(F)(F)F)c(Cl)c2C2CC2)sc(C(C)=O)c1C. The van der Waals surface area contributed by atoms with E-state index in [-0.39, 0.29) is 39.4 Å². The quantitative estimate of drug-likeness (QED) is 0.414. The number of halogens is 4. The zero-order valence-corrected chi connectivity index (χ0v) is 19.3. The molecule has 2 heterocycles. The lowest BCUT2D eigenvalue weighted by Gasteiger charge is -2.16. The van der Waals surface area contributed by atoms with E-state index in [1.54, 1.807) is 13.8 Å². The van der Waals surface area contributed by atoms with Crippen LogP contribution in [0.2, 0.25) is 5.02 Å². The smallest absolute Gasteiger partial charge is 0.436 e. The van der Waals surface area contributed by atoms with Crippen LogP contribution < -0.4 is 5.32 Å². The van der Waals surface area contributed by atoms with Gasteiger partial charge in [0.05, 0.1) is 27.8 Å². The Balaban J connectivity index is 1.97. The molecule has 12 heteroatoms. The second-order valence-electron chi connectivity index (χ2n) is 7.47. The molecule has 1 atom stereocenters. The summed E-state index contributed by atoms with van der Waals surface area (Å²) in [6, 6.07) is -1.16. The summed E-state index contributed by atoms with van der Waals surface area (Å²) in [6.45, 7) is 5.98. The molecule has 0 spiro atoms. The van der Waals surface area contributed by atoms with Crippen molar-refractivity contribution >= 4 is 45.6 Å². The molecule has 2 aromatic rings. The summed E-state index contributed by atoms with van der Waals surface area (Å²) in [7, 11) is 0. The first-order valence-corrected chi connectivity index (χ1v) is 11.0. The Bertz CT molecular complexity index is 1090. The van der Waals surface area contributed by atoms with Crippen molar-refractivity contribution in [1.29, 1.82) is 0 Å². The van der Waals surface area contributed by atoms with E-state index in [2.05, 4.69) is 10.4 Å². The maximum atomic E-state index is 13.3. The molecule has 1 N–H and O–H groups in total. The number of thiophene rings is 1. The van der Waals surface area contributed by atoms with Gasteiger partial charge in [-0.25, -0.2) is 4.79 Å². The molecule has 0 aliphatic heterocycles. The number of nitrogens with one attached hydrogen (secondary N) is 1. The van der Waals surface area contributed by atoms with Crippen LogP contribution in [0.1, 0.15) is 82.6 Å². The minimum atomic E-state index is -4.76. The highest BCUT2D eigenvalue weighted by Crippen LogP contribution is 2.47. The third-order valence-corrected chi connectivity index (χ3v) is 6.73. The lowest BCUT2D eigenvalue weighted by atomic mass is 10.1. The predicted molar refractivity (Wildman–Crippen MR) is 113 cm³/mol. The Hall–Kier alpha value is -2.40. The Morgan fingerprint density at radius 1 is 1.34 bits per heavy atom. The lowest BCUT2D eigenvalue weighted by Crippen LogP contribution is -2.26. The van der Waals surface area contributed by atoms with E-state index in [9.17, 15) is 27.6 Å². The van der Waals surface area contributed by atoms with Gasteiger partial charge in [-0.1, -0.05) is 11.6 Å². The van der Waals surface area contributed by atoms with E-state index < -0.39 is 34.8 Å². The zero-order chi connectivity index (χ0) is 24.0. The van der Waals surface area contributed by atoms with Crippen molar-refractivity contribution in [2.45, 2.75) is 58.7 Å². The fourth-order valence-corrected chi connectivity index (χ4v) is 4.82. The van der Waals surface area contributed by atoms with Crippen molar-refractivity contribution < 1.29 is 32.3 Å². The third-order valence-electron chi connectivity index (χ3n) is 5.05. The van der Waals surface area contributed by atoms with Gasteiger partial charge in [0.15, 0.2) is 11.5 Å². The molecular formula is C20H21ClF3N3O4S. The number of ketones is 1. The van der Waals surface area contributed by atoms with E-state index in [0.29, 0.717) is 18.4 Å². The molecule has 1 aliphatic rings. The summed E-state index contributed by atoms with van der Waals surface area (Å²) in [6.07, 6.45) is -3.47. The van der Waals surface area contributed by atoms with Gasteiger partial charge in [0.2, 0.25) is 5.91 Å². The Labute approximate surface area is 190 Å². The molecule has 0 saturated heterocycles. The molecule has 1 unspecified atom stereocenters. The molecule has 0 radical (unpaired) electrons. The van der Waals surface area contributed by atoms with Crippen LogP contribution in [0.3, 0.4) is 0 Å². The third kappa shape index (κ3) is 4.54. The highest BCUT2D eigenvalue weighted by molar-refractivity contribution is 7.18. The summed E-state index contributed by atoms with van der Waals surface area (Å²) in [5, 5.41) is 5.75. The highest BCUT2D eigenvalue weighted by atomic mass is 35.5. The average molecular weight is 492 g/mol. The molecule has 3 rings (SSSR count). The fourth-order valence-electron chi connectivity index (χ4n) is 3.34. The minimum Gasteiger partial charge on any atom is -0.462 e. The number of nitrogens with zero attached hydrogens (tertiary/aromatic N) is 2. The van der Waals surface area contributed by atoms with Crippen LogP contribution in [0.25, 0.3) is 0 Å². The van der Waals surface area contributed by atoms with Crippen LogP contribution in [0.4, 0.5) is 18.2 Å². The van der Waals surface area contributed by atoms with Crippen molar-refractivity contribution in [3.8, 4) is 0 Å². The molecule has 1 fully saturated rings. The van der Waals surface area contributed by atoms with Gasteiger partial charge in [0, 0.05) is 5.92 Å². The number of hydrogen-bond donors (Lipinski definition) is 1. The monoisotopic (exact) mass is 491 g/mol. The number of carbonyl (C=O) groups excluding carboxylic acids is 3. The maximum absolute atomic E-state index is 13.3. The first-order valence-electron chi connectivity index (χ1n) is 9.85. The lowest BCUT2D eigenvalue weighted by molar-refractivity contribution is -0.141. The van der Waals surface area contributed by atoms with E-state index in [0.717, 1.165) is 16.0 Å². The number of hydrogen-bond acceptors (Lipinski definition) is 6. The Morgan fingerprint density at radius 2 is 1.97 bits per heavy atom. The van der Waals surface area contributed by atoms with E-state index >= 15 is 0 Å². The predicted octanol–water partition coefficient (Wildman–Crippen LogP) is 5.38. The second kappa shape index (κ2) is 8.86. The summed E-state index contributed by atoms with van der Waals surface area (Å²) in [5.74, 6) is -1.92. The summed E-state index contributed by atoms with van der Waals surface area (Å²) in [5.41, 5.74) is -0.665. The largest absolute Gasteiger partial charge is 0.462 e. The second-order valence-corrected chi connectivity index (χ2v) is 8.87. The number of amides is 1. The molecule has 1 saturated carbocycles. The van der Waals surface area contributed by atoms with Gasteiger partial charge >= 0.3 is 12.1 Å². The Morgan fingerprint density at radius 3 is 2.47 bits per heavy atom. The summed E-state index contributed by atoms with van der Waals surface area (Å²) in [4.78, 5) is 37.6. The van der Waals surface area contributed by atoms with Crippen molar-refractivity contribution in [2.75, 3.05) is 11.9 Å². The molecule has 32 heavy (non-hydrogen) atoms. The van der Waals surface area contributed by atoms with Gasteiger partial charge in [-0.05, 0) is 46.1 Å². The Kier molecular flexibility index (Phi) is 6.71. The number of ether oxygens (including phenoxy) is 1. The van der Waals surface area contributed by atoms with Crippen LogP contribution >= 0.6 is 22.9 Å². The summed E-state index contributed by atoms with van der Waals surface area (Å²) >= 11 is 6.89. The minimum absolute atomic E-state index is 0.0412. The first-order chi connectivity index (χ1) is 14.9. The van der Waals surface area contributed by atoms with E-state index in [4.69, 9.17) is 16.3 Å². The van der Waals surface area contributed by atoms with Crippen LogP contribution in [-0.2, 0) is 15.7 Å². The molecule has 0 aromatic carbocycles. The normalized spacial score (nSPS) is 14.9. The molecule has 7 nitrogen and oxygen atoms in total. The highest BCUT2D eigenvalue weighted by Gasteiger charge is 2.43. The standard InChI is InChI=1S/C20H21ClF3N3O4S/c1-5-31-19(30)12-8(2)15(10(4)28)32-18(12)25-17(29)9(3)27-14(11-6-7-11)13(21)16(26-27)20(22,23)24/h9,11H,5-7H2,1-4H3,(H,25,29). The number of aromatic nitrogens is 2. The van der Waals surface area contributed by atoms with Crippen LogP contribution in [0, 0.1) is 6.92 Å². The van der Waals surface area contributed by atoms with Gasteiger partial charge in [-0.2, -0.15) is 18.3 Å². The number of alkyl halides is 3. The van der Waals surface area contributed by atoms with Crippen LogP contribution in [-0.4, -0.2) is 34.0 Å². The van der Waals surface area contributed by atoms with Gasteiger partial charge in [0.25, 0.3) is 0 Å². The summed E-state index contributed by atoms with van der Waals surface area (Å²) < 4.78 is 46.0. The molecule has 2 aromatic heterocycles. The van der Waals surface area contributed by atoms with E-state index in [1.165, 1.54) is 13.8 Å². The van der Waals surface area contributed by atoms with Crippen LogP contribution in [0.15, 0.2) is 0 Å². The first kappa shape index (κ1) is 24.2. The van der Waals surface area contributed by atoms with Crippen molar-refractivity contribution in [1.82, 2.24) is 9.78 Å². The number of anilines is 1. The van der Waals surface area contributed by atoms with Gasteiger partial charge in [-0.3, -0.25) is 14.3 Å². The molecular weight excluding hydrogens is 471 g/mol. The number of esters is 1. The van der Waals surface area contributed by atoms with Gasteiger partial charge in [0.1, 0.15) is 11.0 Å². The molecule has 174 valence electrons. The van der Waals surface area contributed by atoms with Gasteiger partial charge < -0.3 is 10.1 Å². The van der Waals surface area contributed by atoms with Crippen molar-refractivity contribution in [3.05, 3.63) is 32.4 Å². The average Bonchev–Trinajstić information content (AvgIpc) is 3.37. The van der Waals surface area contributed by atoms with Crippen molar-refractivity contribution in [3.63, 3.8) is 0 Å². The number of rotatable bonds is 7. The molecule has 0 bridgehead atoms. The van der Waals surface area contributed by atoms with Crippen molar-refractivity contribution in [2.24, 2.45) is 0 Å². The van der Waals surface area contributed by atoms with Crippen LogP contribution in [0.5, 0.6) is 0 Å². The fraction of sp³-hybridized carbons (Fsp3) is 0.500. The number of carbonyl (C=O) groups is 3. The maximum Gasteiger partial charge on any atom is 0.436 e. The molecule has 1 aliphatic carbocycles. The number of Topliss-reactive ketones (excluding diaryl/α,β-unsaturated/α-hetero) is 1. The zero-order valence-electron chi connectivity index (χ0n) is 17.7.